The Morgan fingerprint density at radius 1 is 1.21 bits per heavy atom. The summed E-state index contributed by atoms with van der Waals surface area (Å²) < 4.78 is 0. The first-order chi connectivity index (χ1) is 13.6. The van der Waals surface area contributed by atoms with Crippen LogP contribution in [0.5, 0.6) is 5.75 Å². The van der Waals surface area contributed by atoms with Gasteiger partial charge in [0.2, 0.25) is 5.91 Å². The standard InChI is InChI=1S/C22H22N4O2/c1-2-21(28)26-11-13-7-8-15(17(13)12-26)18-9-14-10-19(24-25-22(14)23-18)16-5-3-4-6-20(16)27/h2-6,9-10,13,15,17,27H,1,7-8,11-12H2,(H,23,25). The predicted octanol–water partition coefficient (Wildman–Crippen LogP) is 3.47. The number of phenolic OH excluding ortho intramolecular Hbond substituents is 1. The first-order valence-electron chi connectivity index (χ1n) is 9.70. The largest absolute Gasteiger partial charge is 0.507 e. The smallest absolute Gasteiger partial charge is 0.245 e. The van der Waals surface area contributed by atoms with Gasteiger partial charge >= 0.3 is 0 Å². The third-order valence-corrected chi connectivity index (χ3v) is 6.32. The molecule has 2 aromatic heterocycles. The third-order valence-electron chi connectivity index (χ3n) is 6.32. The molecule has 0 spiro atoms. The van der Waals surface area contributed by atoms with Crippen molar-refractivity contribution in [3.8, 4) is 17.0 Å². The molecule has 5 rings (SSSR count). The number of hydrogen-bond donors (Lipinski definition) is 2. The highest BCUT2D eigenvalue weighted by Crippen LogP contribution is 2.47. The molecule has 3 atom stereocenters. The minimum absolute atomic E-state index is 0.0305. The molecule has 142 valence electrons. The number of H-pyrrole nitrogens is 1. The van der Waals surface area contributed by atoms with Gasteiger partial charge in [0.25, 0.3) is 0 Å². The van der Waals surface area contributed by atoms with Gasteiger partial charge in [-0.05, 0) is 55.0 Å². The van der Waals surface area contributed by atoms with Crippen LogP contribution in [-0.4, -0.2) is 44.2 Å². The molecule has 3 aromatic rings. The quantitative estimate of drug-likeness (QED) is 0.688. The van der Waals surface area contributed by atoms with Crippen LogP contribution < -0.4 is 0 Å². The van der Waals surface area contributed by atoms with E-state index < -0.39 is 0 Å². The summed E-state index contributed by atoms with van der Waals surface area (Å²) in [6.45, 7) is 5.25. The van der Waals surface area contributed by atoms with E-state index in [2.05, 4.69) is 27.8 Å². The molecule has 1 saturated heterocycles. The van der Waals surface area contributed by atoms with Crippen LogP contribution in [0.15, 0.2) is 49.1 Å². The summed E-state index contributed by atoms with van der Waals surface area (Å²) in [5.74, 6) is 1.66. The molecular formula is C22H22N4O2. The minimum Gasteiger partial charge on any atom is -0.507 e. The summed E-state index contributed by atoms with van der Waals surface area (Å²) in [5, 5.41) is 19.7. The van der Waals surface area contributed by atoms with Crippen LogP contribution in [0.1, 0.15) is 24.5 Å². The van der Waals surface area contributed by atoms with Gasteiger partial charge in [-0.15, -0.1) is 10.2 Å². The lowest BCUT2D eigenvalue weighted by Crippen LogP contribution is -2.28. The van der Waals surface area contributed by atoms with Crippen LogP contribution in [0.3, 0.4) is 0 Å². The molecular weight excluding hydrogens is 352 g/mol. The van der Waals surface area contributed by atoms with Crippen LogP contribution in [0.2, 0.25) is 0 Å². The predicted molar refractivity (Wildman–Crippen MR) is 107 cm³/mol. The molecule has 1 saturated carbocycles. The van der Waals surface area contributed by atoms with E-state index in [4.69, 9.17) is 0 Å². The maximum atomic E-state index is 12.0. The second-order valence-corrected chi connectivity index (χ2v) is 7.83. The van der Waals surface area contributed by atoms with Gasteiger partial charge < -0.3 is 15.0 Å². The molecule has 1 amide bonds. The Bertz CT molecular complexity index is 1070. The number of hydrogen-bond acceptors (Lipinski definition) is 4. The topological polar surface area (TPSA) is 82.1 Å². The molecule has 2 fully saturated rings. The molecule has 2 N–H and O–H groups in total. The van der Waals surface area contributed by atoms with Crippen LogP contribution in [0.4, 0.5) is 0 Å². The lowest BCUT2D eigenvalue weighted by molar-refractivity contribution is -0.125. The maximum Gasteiger partial charge on any atom is 0.245 e. The number of nitrogens with one attached hydrogen (secondary N) is 1. The molecule has 1 aromatic carbocycles. The van der Waals surface area contributed by atoms with Gasteiger partial charge in [0.05, 0.1) is 5.69 Å². The van der Waals surface area contributed by atoms with E-state index in [1.165, 1.54) is 11.8 Å². The zero-order valence-electron chi connectivity index (χ0n) is 15.5. The summed E-state index contributed by atoms with van der Waals surface area (Å²) >= 11 is 0. The first-order valence-corrected chi connectivity index (χ1v) is 9.70. The van der Waals surface area contributed by atoms with Gasteiger partial charge in [-0.2, -0.15) is 0 Å². The van der Waals surface area contributed by atoms with Crippen molar-refractivity contribution in [1.82, 2.24) is 20.1 Å². The number of carbonyl (C=O) groups is 1. The number of carbonyl (C=O) groups excluding carboxylic acids is 1. The molecule has 28 heavy (non-hydrogen) atoms. The zero-order chi connectivity index (χ0) is 19.3. The highest BCUT2D eigenvalue weighted by Gasteiger charge is 2.44. The molecule has 0 bridgehead atoms. The van der Waals surface area contributed by atoms with E-state index in [0.29, 0.717) is 29.0 Å². The number of aromatic hydroxyl groups is 1. The Morgan fingerprint density at radius 2 is 2.07 bits per heavy atom. The van der Waals surface area contributed by atoms with Gasteiger partial charge in [0.15, 0.2) is 5.65 Å². The van der Waals surface area contributed by atoms with Crippen molar-refractivity contribution in [2.45, 2.75) is 18.8 Å². The van der Waals surface area contributed by atoms with Gasteiger partial charge in [-0.3, -0.25) is 4.79 Å². The van der Waals surface area contributed by atoms with Crippen molar-refractivity contribution >= 4 is 16.9 Å². The van der Waals surface area contributed by atoms with E-state index in [1.807, 2.05) is 23.1 Å². The van der Waals surface area contributed by atoms with Gasteiger partial charge in [-0.1, -0.05) is 18.7 Å². The molecule has 6 nitrogen and oxygen atoms in total. The molecule has 6 heteroatoms. The second-order valence-electron chi connectivity index (χ2n) is 7.83. The van der Waals surface area contributed by atoms with E-state index in [9.17, 15) is 9.90 Å². The SMILES string of the molecule is C=CC(=O)N1CC2CCC(c3cc4cc(-c5ccccc5O)nnc4[nH]3)C2C1. The number of amides is 1. The number of rotatable bonds is 3. The molecule has 3 unspecified atom stereocenters. The molecule has 3 heterocycles. The Hall–Kier alpha value is -3.15. The van der Waals surface area contributed by atoms with E-state index >= 15 is 0 Å². The third kappa shape index (κ3) is 2.68. The zero-order valence-corrected chi connectivity index (χ0v) is 15.5. The number of para-hydroxylation sites is 1. The van der Waals surface area contributed by atoms with Crippen molar-refractivity contribution in [3.05, 3.63) is 54.7 Å². The summed E-state index contributed by atoms with van der Waals surface area (Å²) in [6, 6.07) is 11.3. The van der Waals surface area contributed by atoms with Crippen LogP contribution in [-0.2, 0) is 4.79 Å². The fourth-order valence-electron chi connectivity index (χ4n) is 4.94. The van der Waals surface area contributed by atoms with Gasteiger partial charge in [0.1, 0.15) is 5.75 Å². The average molecular weight is 374 g/mol. The molecule has 0 radical (unpaired) electrons. The number of aromatic nitrogens is 3. The van der Waals surface area contributed by atoms with Crippen molar-refractivity contribution in [3.63, 3.8) is 0 Å². The van der Waals surface area contributed by atoms with Crippen LogP contribution in [0, 0.1) is 11.8 Å². The minimum atomic E-state index is 0.0305. The molecule has 1 aliphatic carbocycles. The van der Waals surface area contributed by atoms with Crippen molar-refractivity contribution in [2.75, 3.05) is 13.1 Å². The van der Waals surface area contributed by atoms with E-state index in [0.717, 1.165) is 37.0 Å². The lowest BCUT2D eigenvalue weighted by atomic mass is 9.90. The van der Waals surface area contributed by atoms with Gasteiger partial charge in [-0.25, -0.2) is 0 Å². The number of likely N-dealkylation sites (tertiary alicyclic amines) is 1. The number of fused-ring (bicyclic) bond motifs is 2. The highest BCUT2D eigenvalue weighted by atomic mass is 16.3. The fraction of sp³-hybridized carbons (Fsp3) is 0.318. The summed E-state index contributed by atoms with van der Waals surface area (Å²) in [7, 11) is 0. The van der Waals surface area contributed by atoms with Crippen LogP contribution >= 0.6 is 0 Å². The summed E-state index contributed by atoms with van der Waals surface area (Å²) in [4.78, 5) is 17.4. The average Bonchev–Trinajstić information content (AvgIpc) is 3.40. The molecule has 1 aliphatic heterocycles. The van der Waals surface area contributed by atoms with Crippen molar-refractivity contribution in [2.24, 2.45) is 11.8 Å². The second kappa shape index (κ2) is 6.48. The summed E-state index contributed by atoms with van der Waals surface area (Å²) in [6.07, 6.45) is 3.67. The highest BCUT2D eigenvalue weighted by molar-refractivity contribution is 5.87. The summed E-state index contributed by atoms with van der Waals surface area (Å²) in [5.41, 5.74) is 3.26. The van der Waals surface area contributed by atoms with E-state index in [1.54, 1.807) is 12.1 Å². The Morgan fingerprint density at radius 3 is 2.89 bits per heavy atom. The van der Waals surface area contributed by atoms with Crippen molar-refractivity contribution < 1.29 is 9.90 Å². The number of aromatic amines is 1. The number of phenols is 1. The van der Waals surface area contributed by atoms with Gasteiger partial charge in [0, 0.05) is 35.7 Å². The van der Waals surface area contributed by atoms with Crippen LogP contribution in [0.25, 0.3) is 22.3 Å². The Labute approximate surface area is 162 Å². The first kappa shape index (κ1) is 17.0. The fourth-order valence-corrected chi connectivity index (χ4v) is 4.94. The number of benzene rings is 1. The Balaban J connectivity index is 1.45. The van der Waals surface area contributed by atoms with E-state index in [-0.39, 0.29) is 11.7 Å². The van der Waals surface area contributed by atoms with Crippen molar-refractivity contribution in [1.29, 1.82) is 0 Å². The lowest BCUT2D eigenvalue weighted by Gasteiger charge is -2.19. The monoisotopic (exact) mass is 374 g/mol. The molecule has 2 aliphatic rings. The normalized spacial score (nSPS) is 23.9. The number of nitrogens with zero attached hydrogens (tertiary/aromatic N) is 3. The maximum absolute atomic E-state index is 12.0. The Kier molecular flexibility index (Phi) is 3.93.